The van der Waals surface area contributed by atoms with E-state index in [1.54, 1.807) is 0 Å². The number of carboxylic acid groups (broad SMARTS) is 1. The van der Waals surface area contributed by atoms with Crippen LogP contribution in [0.4, 0.5) is 0 Å². The molecule has 4 heteroatoms. The lowest BCUT2D eigenvalue weighted by Crippen LogP contribution is -2.17. The van der Waals surface area contributed by atoms with Crippen LogP contribution < -0.4 is 5.43 Å². The number of carbonyl (C=O) groups is 1. The summed E-state index contributed by atoms with van der Waals surface area (Å²) in [5, 5.41) is 8.50. The highest BCUT2D eigenvalue weighted by Gasteiger charge is 2.09. The monoisotopic (exact) mass is 163 g/mol. The smallest absolute Gasteiger partial charge is 0.341 e. The zero-order valence-electron chi connectivity index (χ0n) is 6.00. The number of terminal acetylenes is 1. The summed E-state index contributed by atoms with van der Waals surface area (Å²) in [4.78, 5) is 24.0. The van der Waals surface area contributed by atoms with Gasteiger partial charge in [-0.1, -0.05) is 5.92 Å². The van der Waals surface area contributed by atoms with Gasteiger partial charge in [0.2, 0.25) is 5.43 Å². The fourth-order valence-corrected chi connectivity index (χ4v) is 0.751. The zero-order chi connectivity index (χ0) is 9.14. The summed E-state index contributed by atoms with van der Waals surface area (Å²) in [7, 11) is 0. The average Bonchev–Trinajstić information content (AvgIpc) is 2.04. The van der Waals surface area contributed by atoms with Crippen LogP contribution in [0.1, 0.15) is 15.9 Å². The first-order valence-electron chi connectivity index (χ1n) is 3.08. The van der Waals surface area contributed by atoms with Crippen LogP contribution in [-0.4, -0.2) is 16.1 Å². The second-order valence-electron chi connectivity index (χ2n) is 2.06. The summed E-state index contributed by atoms with van der Waals surface area (Å²) in [5.41, 5.74) is -0.955. The van der Waals surface area contributed by atoms with E-state index in [2.05, 4.69) is 10.9 Å². The van der Waals surface area contributed by atoms with Crippen LogP contribution in [0.15, 0.2) is 17.2 Å². The second kappa shape index (κ2) is 2.93. The molecular weight excluding hydrogens is 158 g/mol. The van der Waals surface area contributed by atoms with Crippen molar-refractivity contribution in [3.63, 3.8) is 0 Å². The molecule has 0 aliphatic rings. The van der Waals surface area contributed by atoms with Crippen molar-refractivity contribution in [2.24, 2.45) is 0 Å². The normalized spacial score (nSPS) is 8.92. The predicted molar refractivity (Wildman–Crippen MR) is 42.0 cm³/mol. The Bertz CT molecular complexity index is 411. The fourth-order valence-electron chi connectivity index (χ4n) is 0.751. The number of hydrogen-bond donors (Lipinski definition) is 2. The molecule has 0 aliphatic carbocycles. The highest BCUT2D eigenvalue weighted by atomic mass is 16.4. The van der Waals surface area contributed by atoms with Crippen LogP contribution in [0.25, 0.3) is 0 Å². The SMILES string of the molecule is C#Cc1c[nH]cc(C(=O)O)c1=O. The zero-order valence-corrected chi connectivity index (χ0v) is 6.00. The lowest BCUT2D eigenvalue weighted by Gasteiger charge is -1.93. The minimum atomic E-state index is -1.28. The molecule has 0 aromatic carbocycles. The van der Waals surface area contributed by atoms with Crippen molar-refractivity contribution in [2.75, 3.05) is 0 Å². The van der Waals surface area contributed by atoms with Crippen molar-refractivity contribution in [2.45, 2.75) is 0 Å². The first-order valence-corrected chi connectivity index (χ1v) is 3.08. The van der Waals surface area contributed by atoms with Crippen molar-refractivity contribution in [3.05, 3.63) is 33.7 Å². The maximum Gasteiger partial charge on any atom is 0.341 e. The molecule has 0 radical (unpaired) electrons. The molecule has 1 aromatic heterocycles. The van der Waals surface area contributed by atoms with Crippen LogP contribution in [0, 0.1) is 12.3 Å². The molecule has 4 nitrogen and oxygen atoms in total. The predicted octanol–water partition coefficient (Wildman–Crippen LogP) is 0.0544. The molecule has 1 heterocycles. The molecule has 0 fully saturated rings. The summed E-state index contributed by atoms with van der Waals surface area (Å²) >= 11 is 0. The van der Waals surface area contributed by atoms with Gasteiger partial charge in [0, 0.05) is 12.4 Å². The van der Waals surface area contributed by atoms with Crippen molar-refractivity contribution in [3.8, 4) is 12.3 Å². The average molecular weight is 163 g/mol. The van der Waals surface area contributed by atoms with Crippen molar-refractivity contribution in [1.29, 1.82) is 0 Å². The summed E-state index contributed by atoms with van der Waals surface area (Å²) in [6.07, 6.45) is 7.35. The van der Waals surface area contributed by atoms with E-state index in [-0.39, 0.29) is 11.1 Å². The number of H-pyrrole nitrogens is 1. The van der Waals surface area contributed by atoms with Gasteiger partial charge in [-0.2, -0.15) is 0 Å². The molecule has 0 saturated heterocycles. The standard InChI is InChI=1S/C8H5NO3/c1-2-5-3-9-4-6(7(5)10)8(11)12/h1,3-4H,(H,9,10)(H,11,12). The number of hydrogen-bond acceptors (Lipinski definition) is 2. The molecule has 1 rings (SSSR count). The Morgan fingerprint density at radius 2 is 2.25 bits per heavy atom. The first-order chi connectivity index (χ1) is 5.66. The molecule has 12 heavy (non-hydrogen) atoms. The Morgan fingerprint density at radius 1 is 1.58 bits per heavy atom. The molecule has 2 N–H and O–H groups in total. The Morgan fingerprint density at radius 3 is 2.75 bits per heavy atom. The maximum atomic E-state index is 11.1. The topological polar surface area (TPSA) is 70.2 Å². The number of aromatic carboxylic acids is 1. The molecule has 0 atom stereocenters. The summed E-state index contributed by atoms with van der Waals surface area (Å²) < 4.78 is 0. The van der Waals surface area contributed by atoms with E-state index >= 15 is 0 Å². The van der Waals surface area contributed by atoms with E-state index in [1.807, 2.05) is 0 Å². The third-order valence-corrected chi connectivity index (χ3v) is 1.33. The van der Waals surface area contributed by atoms with E-state index in [0.717, 1.165) is 6.20 Å². The first kappa shape index (κ1) is 8.08. The lowest BCUT2D eigenvalue weighted by molar-refractivity contribution is 0.0695. The van der Waals surface area contributed by atoms with Gasteiger partial charge in [0.15, 0.2) is 0 Å². The van der Waals surface area contributed by atoms with Gasteiger partial charge in [-0.15, -0.1) is 6.42 Å². The quantitative estimate of drug-likeness (QED) is 0.575. The van der Waals surface area contributed by atoms with Crippen LogP contribution in [0.3, 0.4) is 0 Å². The molecule has 0 unspecified atom stereocenters. The molecule has 0 saturated carbocycles. The number of nitrogens with one attached hydrogen (secondary N) is 1. The van der Waals surface area contributed by atoms with E-state index in [1.165, 1.54) is 6.20 Å². The van der Waals surface area contributed by atoms with Gasteiger partial charge < -0.3 is 10.1 Å². The Hall–Kier alpha value is -2.02. The third kappa shape index (κ3) is 1.20. The number of rotatable bonds is 1. The van der Waals surface area contributed by atoms with Gasteiger partial charge in [-0.3, -0.25) is 4.79 Å². The fraction of sp³-hybridized carbons (Fsp3) is 0. The minimum Gasteiger partial charge on any atom is -0.477 e. The van der Waals surface area contributed by atoms with Crippen LogP contribution >= 0.6 is 0 Å². The van der Waals surface area contributed by atoms with Crippen LogP contribution in [0.2, 0.25) is 0 Å². The van der Waals surface area contributed by atoms with Gasteiger partial charge in [0.1, 0.15) is 5.56 Å². The summed E-state index contributed by atoms with van der Waals surface area (Å²) in [5.74, 6) is 0.799. The van der Waals surface area contributed by atoms with E-state index in [4.69, 9.17) is 11.5 Å². The Labute approximate surface area is 67.9 Å². The van der Waals surface area contributed by atoms with E-state index in [0.29, 0.717) is 0 Å². The number of pyridine rings is 1. The maximum absolute atomic E-state index is 11.1. The van der Waals surface area contributed by atoms with Gasteiger partial charge >= 0.3 is 5.97 Å². The molecule has 60 valence electrons. The van der Waals surface area contributed by atoms with Crippen molar-refractivity contribution in [1.82, 2.24) is 4.98 Å². The summed E-state index contributed by atoms with van der Waals surface area (Å²) in [6, 6.07) is 0. The third-order valence-electron chi connectivity index (χ3n) is 1.33. The van der Waals surface area contributed by atoms with Gasteiger partial charge in [-0.25, -0.2) is 4.79 Å². The Kier molecular flexibility index (Phi) is 1.97. The molecule has 0 amide bonds. The van der Waals surface area contributed by atoms with Crippen molar-refractivity contribution < 1.29 is 9.90 Å². The number of aromatic nitrogens is 1. The largest absolute Gasteiger partial charge is 0.477 e. The molecule has 0 aliphatic heterocycles. The van der Waals surface area contributed by atoms with Gasteiger partial charge in [0.25, 0.3) is 0 Å². The van der Waals surface area contributed by atoms with E-state index < -0.39 is 11.4 Å². The molecule has 0 bridgehead atoms. The van der Waals surface area contributed by atoms with Crippen LogP contribution in [-0.2, 0) is 0 Å². The summed E-state index contributed by atoms with van der Waals surface area (Å²) in [6.45, 7) is 0. The molecule has 1 aromatic rings. The van der Waals surface area contributed by atoms with Gasteiger partial charge in [0.05, 0.1) is 5.56 Å². The van der Waals surface area contributed by atoms with Gasteiger partial charge in [-0.05, 0) is 0 Å². The lowest BCUT2D eigenvalue weighted by atomic mass is 10.2. The second-order valence-corrected chi connectivity index (χ2v) is 2.06. The van der Waals surface area contributed by atoms with Crippen LogP contribution in [0.5, 0.6) is 0 Å². The molecular formula is C8H5NO3. The highest BCUT2D eigenvalue weighted by molar-refractivity contribution is 5.87. The minimum absolute atomic E-state index is 0.0231. The molecule has 0 spiro atoms. The van der Waals surface area contributed by atoms with E-state index in [9.17, 15) is 9.59 Å². The number of aromatic amines is 1. The highest BCUT2D eigenvalue weighted by Crippen LogP contribution is 1.91. The van der Waals surface area contributed by atoms with Crippen molar-refractivity contribution >= 4 is 5.97 Å². The Balaban J connectivity index is 3.46. The number of carboxylic acids is 1.